The Bertz CT molecular complexity index is 956. The molecule has 0 aliphatic carbocycles. The normalized spacial score (nSPS) is 16.3. The van der Waals surface area contributed by atoms with E-state index >= 15 is 0 Å². The van der Waals surface area contributed by atoms with Gasteiger partial charge in [0.1, 0.15) is 0 Å². The number of H-pyrrole nitrogens is 1. The number of piperidine rings is 1. The Morgan fingerprint density at radius 3 is 2.45 bits per heavy atom. The van der Waals surface area contributed by atoms with Gasteiger partial charge in [-0.2, -0.15) is 5.10 Å². The highest BCUT2D eigenvalue weighted by Gasteiger charge is 2.27. The predicted molar refractivity (Wildman–Crippen MR) is 121 cm³/mol. The number of thiophene rings is 1. The molecule has 0 unspecified atom stereocenters. The maximum absolute atomic E-state index is 10.7. The van der Waals surface area contributed by atoms with Crippen molar-refractivity contribution in [3.63, 3.8) is 0 Å². The first-order valence-electron chi connectivity index (χ1n) is 10.4. The van der Waals surface area contributed by atoms with Crippen LogP contribution in [0.5, 0.6) is 17.2 Å². The lowest BCUT2D eigenvalue weighted by Crippen LogP contribution is -2.35. The molecule has 4 rings (SSSR count). The molecular weight excluding hydrogens is 414 g/mol. The van der Waals surface area contributed by atoms with Crippen LogP contribution in [0.3, 0.4) is 0 Å². The highest BCUT2D eigenvalue weighted by molar-refractivity contribution is 7.10. The van der Waals surface area contributed by atoms with Crippen molar-refractivity contribution >= 4 is 11.3 Å². The molecule has 3 aromatic rings. The van der Waals surface area contributed by atoms with E-state index in [1.54, 1.807) is 32.7 Å². The quantitative estimate of drug-likeness (QED) is 0.545. The third-order valence-electron chi connectivity index (χ3n) is 5.98. The maximum Gasteiger partial charge on any atom is 0.203 e. The Morgan fingerprint density at radius 1 is 1.16 bits per heavy atom. The van der Waals surface area contributed by atoms with Gasteiger partial charge in [-0.3, -0.25) is 10.00 Å². The van der Waals surface area contributed by atoms with Crippen molar-refractivity contribution in [1.82, 2.24) is 15.1 Å². The van der Waals surface area contributed by atoms with E-state index in [2.05, 4.69) is 15.1 Å². The van der Waals surface area contributed by atoms with E-state index in [1.165, 1.54) is 0 Å². The minimum atomic E-state index is -0.356. The Balaban J connectivity index is 1.46. The summed E-state index contributed by atoms with van der Waals surface area (Å²) in [4.78, 5) is 3.49. The number of aliphatic hydroxyl groups is 1. The van der Waals surface area contributed by atoms with E-state index in [1.807, 2.05) is 35.8 Å². The lowest BCUT2D eigenvalue weighted by molar-refractivity contribution is 0.0591. The molecular formula is C23H29N3O4S. The average Bonchev–Trinajstić information content (AvgIpc) is 3.50. The third-order valence-corrected chi connectivity index (χ3v) is 6.92. The first-order chi connectivity index (χ1) is 15.1. The van der Waals surface area contributed by atoms with Crippen LogP contribution in [0, 0.1) is 5.92 Å². The predicted octanol–water partition coefficient (Wildman–Crippen LogP) is 4.11. The number of benzene rings is 1. The van der Waals surface area contributed by atoms with Crippen LogP contribution >= 0.6 is 11.3 Å². The van der Waals surface area contributed by atoms with Gasteiger partial charge in [-0.15, -0.1) is 11.3 Å². The van der Waals surface area contributed by atoms with Gasteiger partial charge in [-0.25, -0.2) is 0 Å². The van der Waals surface area contributed by atoms with Crippen molar-refractivity contribution < 1.29 is 19.3 Å². The van der Waals surface area contributed by atoms with E-state index in [0.29, 0.717) is 23.2 Å². The summed E-state index contributed by atoms with van der Waals surface area (Å²) in [6.07, 6.45) is 3.49. The van der Waals surface area contributed by atoms with Crippen LogP contribution in [0.25, 0.3) is 11.3 Å². The molecule has 1 aliphatic heterocycles. The number of rotatable bonds is 8. The minimum Gasteiger partial charge on any atom is -0.493 e. The number of aromatic amines is 1. The van der Waals surface area contributed by atoms with Crippen molar-refractivity contribution in [3.05, 3.63) is 46.3 Å². The smallest absolute Gasteiger partial charge is 0.203 e. The van der Waals surface area contributed by atoms with E-state index in [0.717, 1.165) is 54.2 Å². The second-order valence-electron chi connectivity index (χ2n) is 7.76. The fourth-order valence-electron chi connectivity index (χ4n) is 4.27. The standard InChI is InChI=1S/C23H29N3O4S/c1-28-18-11-16(12-19(29-2)23(18)30-3)21-17(13-24-25-21)14-26-8-6-15(7-9-26)22(27)20-5-4-10-31-20/h4-5,10-13,15,22,27H,6-9,14H2,1-3H3,(H,24,25)/t22-/m1/s1. The van der Waals surface area contributed by atoms with E-state index in [9.17, 15) is 5.11 Å². The summed E-state index contributed by atoms with van der Waals surface area (Å²) in [6.45, 7) is 2.70. The average molecular weight is 444 g/mol. The number of aromatic nitrogens is 2. The van der Waals surface area contributed by atoms with Crippen molar-refractivity contribution in [2.24, 2.45) is 5.92 Å². The van der Waals surface area contributed by atoms with Crippen LogP contribution in [-0.2, 0) is 6.54 Å². The maximum atomic E-state index is 10.7. The van der Waals surface area contributed by atoms with Gasteiger partial charge in [0, 0.05) is 22.5 Å². The molecule has 31 heavy (non-hydrogen) atoms. The lowest BCUT2D eigenvalue weighted by atomic mass is 9.90. The highest BCUT2D eigenvalue weighted by atomic mass is 32.1. The molecule has 2 aromatic heterocycles. The van der Waals surface area contributed by atoms with Gasteiger partial charge >= 0.3 is 0 Å². The summed E-state index contributed by atoms with van der Waals surface area (Å²) < 4.78 is 16.4. The van der Waals surface area contributed by atoms with Crippen LogP contribution in [0.1, 0.15) is 29.4 Å². The van der Waals surface area contributed by atoms with E-state index in [-0.39, 0.29) is 6.10 Å². The van der Waals surface area contributed by atoms with Crippen molar-refractivity contribution in [3.8, 4) is 28.5 Å². The van der Waals surface area contributed by atoms with Gasteiger partial charge in [0.25, 0.3) is 0 Å². The fraction of sp³-hybridized carbons (Fsp3) is 0.435. The van der Waals surface area contributed by atoms with Gasteiger partial charge in [-0.1, -0.05) is 6.07 Å². The SMILES string of the molecule is COc1cc(-c2[nH]ncc2CN2CCC([C@@H](O)c3cccs3)CC2)cc(OC)c1OC. The van der Waals surface area contributed by atoms with Gasteiger partial charge < -0.3 is 19.3 Å². The number of nitrogens with zero attached hydrogens (tertiary/aromatic N) is 2. The Morgan fingerprint density at radius 2 is 1.87 bits per heavy atom. The Hall–Kier alpha value is -2.55. The van der Waals surface area contributed by atoms with Crippen LogP contribution in [0.15, 0.2) is 35.8 Å². The number of hydrogen-bond donors (Lipinski definition) is 2. The molecule has 8 heteroatoms. The van der Waals surface area contributed by atoms with Gasteiger partial charge in [0.15, 0.2) is 11.5 Å². The number of ether oxygens (including phenoxy) is 3. The van der Waals surface area contributed by atoms with Crippen LogP contribution in [-0.4, -0.2) is 54.6 Å². The number of aliphatic hydroxyl groups excluding tert-OH is 1. The molecule has 1 aromatic carbocycles. The van der Waals surface area contributed by atoms with E-state index < -0.39 is 0 Å². The molecule has 7 nitrogen and oxygen atoms in total. The fourth-order valence-corrected chi connectivity index (χ4v) is 5.07. The topological polar surface area (TPSA) is 79.8 Å². The second kappa shape index (κ2) is 9.72. The minimum absolute atomic E-state index is 0.314. The van der Waals surface area contributed by atoms with Gasteiger partial charge in [0.05, 0.1) is 39.3 Å². The van der Waals surface area contributed by atoms with Gasteiger partial charge in [-0.05, 0) is 55.4 Å². The van der Waals surface area contributed by atoms with Crippen LogP contribution in [0.2, 0.25) is 0 Å². The number of hydrogen-bond acceptors (Lipinski definition) is 7. The number of likely N-dealkylation sites (tertiary alicyclic amines) is 1. The molecule has 3 heterocycles. The van der Waals surface area contributed by atoms with Crippen molar-refractivity contribution in [2.45, 2.75) is 25.5 Å². The molecule has 1 atom stereocenters. The zero-order valence-corrected chi connectivity index (χ0v) is 18.9. The molecule has 0 amide bonds. The summed E-state index contributed by atoms with van der Waals surface area (Å²) in [6, 6.07) is 7.89. The van der Waals surface area contributed by atoms with Crippen LogP contribution in [0.4, 0.5) is 0 Å². The van der Waals surface area contributed by atoms with Crippen molar-refractivity contribution in [2.75, 3.05) is 34.4 Å². The van der Waals surface area contributed by atoms with Crippen molar-refractivity contribution in [1.29, 1.82) is 0 Å². The molecule has 0 spiro atoms. The summed E-state index contributed by atoms with van der Waals surface area (Å²) in [5, 5.41) is 20.1. The monoisotopic (exact) mass is 443 g/mol. The first kappa shape index (κ1) is 21.7. The molecule has 1 aliphatic rings. The summed E-state index contributed by atoms with van der Waals surface area (Å²) in [5.74, 6) is 2.11. The second-order valence-corrected chi connectivity index (χ2v) is 8.74. The number of nitrogens with one attached hydrogen (secondary N) is 1. The summed E-state index contributed by atoms with van der Waals surface area (Å²) in [5.41, 5.74) is 3.00. The Labute approximate surface area is 186 Å². The zero-order valence-electron chi connectivity index (χ0n) is 18.1. The Kier molecular flexibility index (Phi) is 6.80. The van der Waals surface area contributed by atoms with E-state index in [4.69, 9.17) is 14.2 Å². The molecule has 0 bridgehead atoms. The lowest BCUT2D eigenvalue weighted by Gasteiger charge is -2.34. The summed E-state index contributed by atoms with van der Waals surface area (Å²) in [7, 11) is 4.83. The highest BCUT2D eigenvalue weighted by Crippen LogP contribution is 2.41. The molecule has 0 radical (unpaired) electrons. The van der Waals surface area contributed by atoms with Gasteiger partial charge in [0.2, 0.25) is 5.75 Å². The van der Waals surface area contributed by atoms with Crippen LogP contribution < -0.4 is 14.2 Å². The number of methoxy groups -OCH3 is 3. The molecule has 1 fully saturated rings. The molecule has 1 saturated heterocycles. The summed E-state index contributed by atoms with van der Waals surface area (Å²) >= 11 is 1.63. The molecule has 166 valence electrons. The molecule has 2 N–H and O–H groups in total. The zero-order chi connectivity index (χ0) is 21.8. The largest absolute Gasteiger partial charge is 0.493 e. The first-order valence-corrected chi connectivity index (χ1v) is 11.3. The molecule has 0 saturated carbocycles. The third kappa shape index (κ3) is 4.56.